The quantitative estimate of drug-likeness (QED) is 0.821. The van der Waals surface area contributed by atoms with Crippen molar-refractivity contribution in [2.24, 2.45) is 5.92 Å². The third kappa shape index (κ3) is 3.37. The summed E-state index contributed by atoms with van der Waals surface area (Å²) in [6.45, 7) is 5.47. The Morgan fingerprint density at radius 3 is 3.06 bits per heavy atom. The van der Waals surface area contributed by atoms with Crippen molar-refractivity contribution in [3.8, 4) is 5.75 Å². The number of methoxy groups -OCH3 is 1. The molecule has 3 nitrogen and oxygen atoms in total. The van der Waals surface area contributed by atoms with Gasteiger partial charge in [-0.05, 0) is 56.5 Å². The minimum Gasteiger partial charge on any atom is -0.495 e. The smallest absolute Gasteiger partial charge is 0.141 e. The van der Waals surface area contributed by atoms with Gasteiger partial charge in [-0.2, -0.15) is 0 Å². The van der Waals surface area contributed by atoms with E-state index in [1.54, 1.807) is 7.11 Å². The topological polar surface area (TPSA) is 33.3 Å². The first-order valence-electron chi connectivity index (χ1n) is 6.39. The lowest BCUT2D eigenvalue weighted by Gasteiger charge is -2.13. The highest BCUT2D eigenvalue weighted by Crippen LogP contribution is 2.25. The van der Waals surface area contributed by atoms with Gasteiger partial charge >= 0.3 is 0 Å². The maximum Gasteiger partial charge on any atom is 0.141 e. The fourth-order valence-corrected chi connectivity index (χ4v) is 2.33. The average molecular weight is 234 g/mol. The van der Waals surface area contributed by atoms with Gasteiger partial charge in [0.2, 0.25) is 0 Å². The number of hydrogen-bond acceptors (Lipinski definition) is 3. The van der Waals surface area contributed by atoms with Gasteiger partial charge in [0, 0.05) is 6.54 Å². The number of anilines is 1. The van der Waals surface area contributed by atoms with Gasteiger partial charge < -0.3 is 15.4 Å². The van der Waals surface area contributed by atoms with Crippen LogP contribution in [-0.4, -0.2) is 26.7 Å². The average Bonchev–Trinajstić information content (AvgIpc) is 2.82. The van der Waals surface area contributed by atoms with E-state index in [4.69, 9.17) is 4.74 Å². The molecule has 17 heavy (non-hydrogen) atoms. The van der Waals surface area contributed by atoms with E-state index in [-0.39, 0.29) is 0 Å². The van der Waals surface area contributed by atoms with E-state index in [1.807, 2.05) is 6.07 Å². The standard InChI is InChI=1S/C14H22N2O/c1-11-3-4-14(17-2)13(9-11)16-8-6-12-5-7-15-10-12/h3-4,9,12,15-16H,5-8,10H2,1-2H3. The molecule has 0 bridgehead atoms. The fraction of sp³-hybridized carbons (Fsp3) is 0.571. The second-order valence-electron chi connectivity index (χ2n) is 4.78. The number of hydrogen-bond donors (Lipinski definition) is 2. The van der Waals surface area contributed by atoms with Gasteiger partial charge in [-0.25, -0.2) is 0 Å². The predicted molar refractivity (Wildman–Crippen MR) is 71.8 cm³/mol. The van der Waals surface area contributed by atoms with Gasteiger partial charge in [0.15, 0.2) is 0 Å². The lowest BCUT2D eigenvalue weighted by Crippen LogP contribution is -2.13. The molecular weight excluding hydrogens is 212 g/mol. The molecule has 1 saturated heterocycles. The second kappa shape index (κ2) is 5.92. The number of aryl methyl sites for hydroxylation is 1. The minimum atomic E-state index is 0.832. The molecule has 94 valence electrons. The Hall–Kier alpha value is -1.22. The summed E-state index contributed by atoms with van der Waals surface area (Å²) in [4.78, 5) is 0. The van der Waals surface area contributed by atoms with Gasteiger partial charge in [0.1, 0.15) is 5.75 Å². The first-order chi connectivity index (χ1) is 8.29. The first-order valence-corrected chi connectivity index (χ1v) is 6.39. The van der Waals surface area contributed by atoms with Crippen LogP contribution in [0.15, 0.2) is 18.2 Å². The Kier molecular flexibility index (Phi) is 4.26. The largest absolute Gasteiger partial charge is 0.495 e. The van der Waals surface area contributed by atoms with Gasteiger partial charge in [-0.3, -0.25) is 0 Å². The van der Waals surface area contributed by atoms with Gasteiger partial charge in [-0.1, -0.05) is 6.07 Å². The molecule has 1 aromatic carbocycles. The van der Waals surface area contributed by atoms with E-state index in [2.05, 4.69) is 29.7 Å². The molecule has 0 aromatic heterocycles. The molecule has 0 spiro atoms. The summed E-state index contributed by atoms with van der Waals surface area (Å²) >= 11 is 0. The van der Waals surface area contributed by atoms with E-state index in [0.29, 0.717) is 0 Å². The Labute approximate surface area is 104 Å². The summed E-state index contributed by atoms with van der Waals surface area (Å²) in [7, 11) is 1.72. The van der Waals surface area contributed by atoms with Crippen molar-refractivity contribution in [2.75, 3.05) is 32.1 Å². The van der Waals surface area contributed by atoms with Gasteiger partial charge in [0.05, 0.1) is 12.8 Å². The van der Waals surface area contributed by atoms with E-state index >= 15 is 0 Å². The number of rotatable bonds is 5. The number of ether oxygens (including phenoxy) is 1. The Morgan fingerprint density at radius 2 is 2.35 bits per heavy atom. The summed E-state index contributed by atoms with van der Waals surface area (Å²) in [5, 5.41) is 6.88. The van der Waals surface area contributed by atoms with Crippen molar-refractivity contribution in [1.82, 2.24) is 5.32 Å². The number of nitrogens with one attached hydrogen (secondary N) is 2. The molecule has 1 fully saturated rings. The van der Waals surface area contributed by atoms with Crippen LogP contribution in [0.25, 0.3) is 0 Å². The third-order valence-electron chi connectivity index (χ3n) is 3.39. The maximum absolute atomic E-state index is 5.35. The Morgan fingerprint density at radius 1 is 1.47 bits per heavy atom. The van der Waals surface area contributed by atoms with Crippen molar-refractivity contribution in [3.63, 3.8) is 0 Å². The highest BCUT2D eigenvalue weighted by atomic mass is 16.5. The normalized spacial score (nSPS) is 19.3. The van der Waals surface area contributed by atoms with Gasteiger partial charge in [-0.15, -0.1) is 0 Å². The summed E-state index contributed by atoms with van der Waals surface area (Å²) in [5.74, 6) is 1.76. The molecule has 0 radical (unpaired) electrons. The monoisotopic (exact) mass is 234 g/mol. The van der Waals surface area contributed by atoms with Crippen molar-refractivity contribution >= 4 is 5.69 Å². The molecule has 0 saturated carbocycles. The third-order valence-corrected chi connectivity index (χ3v) is 3.39. The second-order valence-corrected chi connectivity index (χ2v) is 4.78. The molecule has 1 aliphatic heterocycles. The van der Waals surface area contributed by atoms with Crippen LogP contribution in [0.2, 0.25) is 0 Å². The molecule has 1 aliphatic rings. The molecule has 3 heteroatoms. The van der Waals surface area contributed by atoms with Crippen LogP contribution in [-0.2, 0) is 0 Å². The van der Waals surface area contributed by atoms with E-state index in [0.717, 1.165) is 23.9 Å². The van der Waals surface area contributed by atoms with Crippen LogP contribution < -0.4 is 15.4 Å². The Bertz CT molecular complexity index is 359. The molecule has 2 N–H and O–H groups in total. The van der Waals surface area contributed by atoms with Crippen LogP contribution >= 0.6 is 0 Å². The van der Waals surface area contributed by atoms with E-state index < -0.39 is 0 Å². The molecule has 0 amide bonds. The maximum atomic E-state index is 5.35. The molecule has 1 atom stereocenters. The van der Waals surface area contributed by atoms with Crippen LogP contribution in [0.5, 0.6) is 5.75 Å². The molecule has 1 aromatic rings. The van der Waals surface area contributed by atoms with Crippen molar-refractivity contribution in [3.05, 3.63) is 23.8 Å². The van der Waals surface area contributed by atoms with Crippen molar-refractivity contribution in [2.45, 2.75) is 19.8 Å². The highest BCUT2D eigenvalue weighted by Gasteiger charge is 2.13. The van der Waals surface area contributed by atoms with Crippen molar-refractivity contribution in [1.29, 1.82) is 0 Å². The lowest BCUT2D eigenvalue weighted by atomic mass is 10.1. The minimum absolute atomic E-state index is 0.832. The zero-order valence-electron chi connectivity index (χ0n) is 10.8. The van der Waals surface area contributed by atoms with Crippen LogP contribution in [0.1, 0.15) is 18.4 Å². The zero-order chi connectivity index (χ0) is 12.1. The molecule has 1 heterocycles. The molecule has 1 unspecified atom stereocenters. The van der Waals surface area contributed by atoms with E-state index in [9.17, 15) is 0 Å². The summed E-state index contributed by atoms with van der Waals surface area (Å²) in [5.41, 5.74) is 2.37. The van der Waals surface area contributed by atoms with Crippen LogP contribution in [0, 0.1) is 12.8 Å². The highest BCUT2D eigenvalue weighted by molar-refractivity contribution is 5.57. The number of benzene rings is 1. The van der Waals surface area contributed by atoms with Crippen LogP contribution in [0.3, 0.4) is 0 Å². The summed E-state index contributed by atoms with van der Waals surface area (Å²) in [6.07, 6.45) is 2.54. The molecule has 0 aliphatic carbocycles. The fourth-order valence-electron chi connectivity index (χ4n) is 2.33. The summed E-state index contributed by atoms with van der Waals surface area (Å²) < 4.78 is 5.35. The lowest BCUT2D eigenvalue weighted by molar-refractivity contribution is 0.416. The van der Waals surface area contributed by atoms with Crippen molar-refractivity contribution < 1.29 is 4.74 Å². The molecular formula is C14H22N2O. The van der Waals surface area contributed by atoms with Crippen LogP contribution in [0.4, 0.5) is 5.69 Å². The Balaban J connectivity index is 1.86. The van der Waals surface area contributed by atoms with E-state index in [1.165, 1.54) is 31.5 Å². The summed E-state index contributed by atoms with van der Waals surface area (Å²) in [6, 6.07) is 6.24. The zero-order valence-corrected chi connectivity index (χ0v) is 10.8. The SMILES string of the molecule is COc1ccc(C)cc1NCCC1CCNC1. The first kappa shape index (κ1) is 12.2. The van der Waals surface area contributed by atoms with Gasteiger partial charge in [0.25, 0.3) is 0 Å². The molecule has 2 rings (SSSR count). The predicted octanol–water partition coefficient (Wildman–Crippen LogP) is 2.42.